The molecule has 0 aromatic heterocycles. The van der Waals surface area contributed by atoms with Gasteiger partial charge in [0.1, 0.15) is 0 Å². The van der Waals surface area contributed by atoms with Gasteiger partial charge < -0.3 is 5.32 Å². The molecule has 0 spiro atoms. The maximum absolute atomic E-state index is 12.4. The van der Waals surface area contributed by atoms with Crippen molar-refractivity contribution in [2.24, 2.45) is 0 Å². The Labute approximate surface area is 123 Å². The Balaban J connectivity index is 3.15. The maximum Gasteiger partial charge on any atom is 0.242 e. The van der Waals surface area contributed by atoms with Crippen molar-refractivity contribution in [2.75, 3.05) is 13.6 Å². The van der Waals surface area contributed by atoms with E-state index in [1.54, 1.807) is 19.2 Å². The predicted molar refractivity (Wildman–Crippen MR) is 83.3 cm³/mol. The molecular formula is C15H26N2O2S. The van der Waals surface area contributed by atoms with Gasteiger partial charge in [-0.1, -0.05) is 33.8 Å². The lowest BCUT2D eigenvalue weighted by molar-refractivity contribution is 0.486. The van der Waals surface area contributed by atoms with Crippen molar-refractivity contribution in [2.45, 2.75) is 51.6 Å². The number of sulfonamides is 1. The molecule has 20 heavy (non-hydrogen) atoms. The topological polar surface area (TPSA) is 49.4 Å². The van der Waals surface area contributed by atoms with E-state index in [9.17, 15) is 8.42 Å². The van der Waals surface area contributed by atoms with Crippen LogP contribution in [0.1, 0.15) is 38.8 Å². The van der Waals surface area contributed by atoms with E-state index in [1.165, 1.54) is 9.87 Å². The molecule has 1 aromatic carbocycles. The van der Waals surface area contributed by atoms with Gasteiger partial charge in [-0.3, -0.25) is 0 Å². The van der Waals surface area contributed by atoms with Gasteiger partial charge in [0.2, 0.25) is 10.0 Å². The minimum atomic E-state index is -3.37. The molecule has 1 aromatic rings. The largest absolute Gasteiger partial charge is 0.310 e. The first-order chi connectivity index (χ1) is 9.32. The zero-order valence-corrected chi connectivity index (χ0v) is 13.9. The Morgan fingerprint density at radius 3 is 2.35 bits per heavy atom. The second kappa shape index (κ2) is 7.20. The van der Waals surface area contributed by atoms with Crippen LogP contribution in [-0.4, -0.2) is 32.4 Å². The van der Waals surface area contributed by atoms with Gasteiger partial charge in [0, 0.05) is 26.2 Å². The fraction of sp³-hybridized carbons (Fsp3) is 0.600. The lowest BCUT2D eigenvalue weighted by Gasteiger charge is -2.17. The van der Waals surface area contributed by atoms with Crippen molar-refractivity contribution in [1.82, 2.24) is 9.62 Å². The van der Waals surface area contributed by atoms with Crippen LogP contribution in [-0.2, 0) is 23.0 Å². The van der Waals surface area contributed by atoms with Crippen molar-refractivity contribution in [3.63, 3.8) is 0 Å². The Bertz CT molecular complexity index is 539. The zero-order chi connectivity index (χ0) is 15.3. The molecular weight excluding hydrogens is 272 g/mol. The molecule has 4 nitrogen and oxygen atoms in total. The van der Waals surface area contributed by atoms with Crippen molar-refractivity contribution in [3.05, 3.63) is 29.3 Å². The summed E-state index contributed by atoms with van der Waals surface area (Å²) in [5, 5.41) is 3.35. The Morgan fingerprint density at radius 1 is 1.20 bits per heavy atom. The van der Waals surface area contributed by atoms with Crippen molar-refractivity contribution < 1.29 is 8.42 Å². The molecule has 0 aliphatic carbocycles. The van der Waals surface area contributed by atoms with Gasteiger partial charge in [-0.25, -0.2) is 12.7 Å². The van der Waals surface area contributed by atoms with Crippen LogP contribution in [0.25, 0.3) is 0 Å². The van der Waals surface area contributed by atoms with Gasteiger partial charge in [-0.05, 0) is 29.7 Å². The molecule has 0 radical (unpaired) electrons. The summed E-state index contributed by atoms with van der Waals surface area (Å²) in [4.78, 5) is 0.375. The quantitative estimate of drug-likeness (QED) is 0.841. The monoisotopic (exact) mass is 298 g/mol. The summed E-state index contributed by atoms with van der Waals surface area (Å²) < 4.78 is 26.1. The van der Waals surface area contributed by atoms with Gasteiger partial charge in [-0.2, -0.15) is 0 Å². The number of rotatable bonds is 7. The van der Waals surface area contributed by atoms with Crippen molar-refractivity contribution in [3.8, 4) is 0 Å². The van der Waals surface area contributed by atoms with Gasteiger partial charge in [0.25, 0.3) is 0 Å². The third-order valence-corrected chi connectivity index (χ3v) is 5.34. The number of nitrogens with zero attached hydrogens (tertiary/aromatic N) is 1. The van der Waals surface area contributed by atoms with Crippen LogP contribution in [0.3, 0.4) is 0 Å². The summed E-state index contributed by atoms with van der Waals surface area (Å²) in [7, 11) is -1.76. The fourth-order valence-electron chi connectivity index (χ4n) is 1.94. The number of nitrogens with one attached hydrogen (secondary N) is 1. The molecule has 0 aliphatic heterocycles. The molecule has 0 saturated carbocycles. The third kappa shape index (κ3) is 4.04. The number of benzene rings is 1. The average molecular weight is 298 g/mol. The van der Waals surface area contributed by atoms with E-state index in [2.05, 4.69) is 26.1 Å². The highest BCUT2D eigenvalue weighted by molar-refractivity contribution is 7.89. The molecule has 0 saturated heterocycles. The van der Waals surface area contributed by atoms with Crippen LogP contribution in [0.2, 0.25) is 0 Å². The van der Waals surface area contributed by atoms with Crippen LogP contribution in [0, 0.1) is 0 Å². The SMILES string of the molecule is CCc1ccc(S(=O)(=O)N(C)CC)cc1CNC(C)C. The highest BCUT2D eigenvalue weighted by atomic mass is 32.2. The minimum Gasteiger partial charge on any atom is -0.310 e. The number of aryl methyl sites for hydroxylation is 1. The molecule has 0 aliphatic rings. The Hall–Kier alpha value is -0.910. The second-order valence-electron chi connectivity index (χ2n) is 5.24. The standard InChI is InChI=1S/C15H26N2O2S/c1-6-13-8-9-15(20(18,19)17(5)7-2)10-14(13)11-16-12(3)4/h8-10,12,16H,6-7,11H2,1-5H3. The first kappa shape index (κ1) is 17.1. The van der Waals surface area contributed by atoms with E-state index in [0.717, 1.165) is 12.0 Å². The second-order valence-corrected chi connectivity index (χ2v) is 7.28. The summed E-state index contributed by atoms with van der Waals surface area (Å²) in [6.07, 6.45) is 0.902. The third-order valence-electron chi connectivity index (χ3n) is 3.41. The molecule has 5 heteroatoms. The van der Waals surface area contributed by atoms with E-state index in [0.29, 0.717) is 24.0 Å². The van der Waals surface area contributed by atoms with Gasteiger partial charge in [0.15, 0.2) is 0 Å². The Morgan fingerprint density at radius 2 is 1.85 bits per heavy atom. The summed E-state index contributed by atoms with van der Waals surface area (Å²) in [5.74, 6) is 0. The van der Waals surface area contributed by atoms with Crippen LogP contribution in [0.5, 0.6) is 0 Å². The smallest absolute Gasteiger partial charge is 0.242 e. The van der Waals surface area contributed by atoms with Gasteiger partial charge in [0.05, 0.1) is 4.90 Å². The highest BCUT2D eigenvalue weighted by Gasteiger charge is 2.20. The van der Waals surface area contributed by atoms with Gasteiger partial charge >= 0.3 is 0 Å². The van der Waals surface area contributed by atoms with E-state index in [1.807, 2.05) is 13.0 Å². The first-order valence-corrected chi connectivity index (χ1v) is 8.58. The predicted octanol–water partition coefficient (Wildman–Crippen LogP) is 2.39. The molecule has 1 N–H and O–H groups in total. The lowest BCUT2D eigenvalue weighted by atomic mass is 10.1. The Kier molecular flexibility index (Phi) is 6.17. The van der Waals surface area contributed by atoms with E-state index in [-0.39, 0.29) is 0 Å². The molecule has 0 heterocycles. The molecule has 0 amide bonds. The zero-order valence-electron chi connectivity index (χ0n) is 13.1. The maximum atomic E-state index is 12.4. The molecule has 0 fully saturated rings. The van der Waals surface area contributed by atoms with Gasteiger partial charge in [-0.15, -0.1) is 0 Å². The summed E-state index contributed by atoms with van der Waals surface area (Å²) >= 11 is 0. The molecule has 0 atom stereocenters. The first-order valence-electron chi connectivity index (χ1n) is 7.14. The van der Waals surface area contributed by atoms with E-state index >= 15 is 0 Å². The molecule has 1 rings (SSSR count). The lowest BCUT2D eigenvalue weighted by Crippen LogP contribution is -2.27. The summed E-state index contributed by atoms with van der Waals surface area (Å²) in [6.45, 7) is 9.24. The molecule has 114 valence electrons. The summed E-state index contributed by atoms with van der Waals surface area (Å²) in [5.41, 5.74) is 2.25. The minimum absolute atomic E-state index is 0.373. The van der Waals surface area contributed by atoms with Crippen LogP contribution >= 0.6 is 0 Å². The average Bonchev–Trinajstić information content (AvgIpc) is 2.43. The summed E-state index contributed by atoms with van der Waals surface area (Å²) in [6, 6.07) is 5.81. The van der Waals surface area contributed by atoms with Crippen LogP contribution in [0.15, 0.2) is 23.1 Å². The van der Waals surface area contributed by atoms with Crippen LogP contribution in [0.4, 0.5) is 0 Å². The van der Waals surface area contributed by atoms with E-state index in [4.69, 9.17) is 0 Å². The number of hydrogen-bond acceptors (Lipinski definition) is 3. The molecule has 0 bridgehead atoms. The normalized spacial score (nSPS) is 12.3. The van der Waals surface area contributed by atoms with Crippen molar-refractivity contribution in [1.29, 1.82) is 0 Å². The van der Waals surface area contributed by atoms with E-state index < -0.39 is 10.0 Å². The molecule has 0 unspecified atom stereocenters. The fourth-order valence-corrected chi connectivity index (χ4v) is 3.17. The van der Waals surface area contributed by atoms with Crippen LogP contribution < -0.4 is 5.32 Å². The highest BCUT2D eigenvalue weighted by Crippen LogP contribution is 2.19. The van der Waals surface area contributed by atoms with Crippen molar-refractivity contribution >= 4 is 10.0 Å². The number of hydrogen-bond donors (Lipinski definition) is 1.